The van der Waals surface area contributed by atoms with Crippen molar-refractivity contribution in [2.24, 2.45) is 5.92 Å². The number of aromatic nitrogens is 5. The molecule has 1 unspecified atom stereocenters. The summed E-state index contributed by atoms with van der Waals surface area (Å²) < 4.78 is 8.87. The van der Waals surface area contributed by atoms with Gasteiger partial charge in [-0.15, -0.1) is 0 Å². The summed E-state index contributed by atoms with van der Waals surface area (Å²) in [6.07, 6.45) is 6.68. The number of ether oxygens (including phenoxy) is 1. The Kier molecular flexibility index (Phi) is 7.08. The second kappa shape index (κ2) is 9.52. The molecule has 1 amide bonds. The minimum absolute atomic E-state index is 0.0513. The zero-order valence-corrected chi connectivity index (χ0v) is 14.0. The Morgan fingerprint density at radius 3 is 3.12 bits per heavy atom. The SMILES string of the molecule is COCCn1cncc1CNC(=O)C1CCc2ncnn2C1.O=CO. The quantitative estimate of drug-likeness (QED) is 0.685. The number of carboxylic acid groups (broad SMARTS) is 1. The molecule has 1 aliphatic heterocycles. The Balaban J connectivity index is 0.000000701. The van der Waals surface area contributed by atoms with Crippen molar-refractivity contribution < 1.29 is 19.4 Å². The summed E-state index contributed by atoms with van der Waals surface area (Å²) in [6.45, 7) is 2.18. The molecule has 1 atom stereocenters. The van der Waals surface area contributed by atoms with E-state index in [2.05, 4.69) is 20.4 Å². The number of carbonyl (C=O) groups excluding carboxylic acids is 1. The topological polar surface area (TPSA) is 124 Å². The molecule has 0 saturated carbocycles. The van der Waals surface area contributed by atoms with Gasteiger partial charge in [-0.1, -0.05) is 0 Å². The van der Waals surface area contributed by atoms with Gasteiger partial charge in [-0.25, -0.2) is 14.6 Å². The number of aryl methyl sites for hydroxylation is 1. The molecular weight excluding hydrogens is 328 g/mol. The van der Waals surface area contributed by atoms with Gasteiger partial charge in [0.25, 0.3) is 6.47 Å². The van der Waals surface area contributed by atoms with E-state index in [1.54, 1.807) is 26.0 Å². The Morgan fingerprint density at radius 2 is 2.36 bits per heavy atom. The summed E-state index contributed by atoms with van der Waals surface area (Å²) in [5, 5.41) is 14.0. The zero-order valence-electron chi connectivity index (χ0n) is 14.0. The van der Waals surface area contributed by atoms with Crippen LogP contribution in [-0.2, 0) is 40.4 Å². The largest absolute Gasteiger partial charge is 0.483 e. The first kappa shape index (κ1) is 18.6. The van der Waals surface area contributed by atoms with E-state index < -0.39 is 0 Å². The van der Waals surface area contributed by atoms with E-state index in [-0.39, 0.29) is 18.3 Å². The summed E-state index contributed by atoms with van der Waals surface area (Å²) in [4.78, 5) is 29.0. The molecule has 25 heavy (non-hydrogen) atoms. The molecule has 2 aromatic heterocycles. The van der Waals surface area contributed by atoms with Gasteiger partial charge in [-0.05, 0) is 6.42 Å². The third-order valence-electron chi connectivity index (χ3n) is 3.95. The second-order valence-electron chi connectivity index (χ2n) is 5.49. The van der Waals surface area contributed by atoms with Crippen molar-refractivity contribution in [1.29, 1.82) is 0 Å². The van der Waals surface area contributed by atoms with E-state index >= 15 is 0 Å². The number of nitrogens with one attached hydrogen (secondary N) is 1. The van der Waals surface area contributed by atoms with E-state index in [9.17, 15) is 4.79 Å². The molecule has 2 N–H and O–H groups in total. The van der Waals surface area contributed by atoms with Crippen LogP contribution >= 0.6 is 0 Å². The molecular formula is C15H22N6O4. The first-order valence-electron chi connectivity index (χ1n) is 7.89. The van der Waals surface area contributed by atoms with Crippen LogP contribution in [0.1, 0.15) is 17.9 Å². The number of carbonyl (C=O) groups is 2. The average Bonchev–Trinajstić information content (AvgIpc) is 3.26. The van der Waals surface area contributed by atoms with Crippen LogP contribution in [0.3, 0.4) is 0 Å². The van der Waals surface area contributed by atoms with Crippen LogP contribution in [0.2, 0.25) is 0 Å². The number of rotatable bonds is 6. The highest BCUT2D eigenvalue weighted by Gasteiger charge is 2.25. The van der Waals surface area contributed by atoms with Crippen molar-refractivity contribution in [2.45, 2.75) is 32.5 Å². The minimum Gasteiger partial charge on any atom is -0.483 e. The Hall–Kier alpha value is -2.75. The Morgan fingerprint density at radius 1 is 1.56 bits per heavy atom. The molecule has 10 nitrogen and oxygen atoms in total. The van der Waals surface area contributed by atoms with E-state index in [4.69, 9.17) is 14.6 Å². The van der Waals surface area contributed by atoms with Crippen molar-refractivity contribution in [3.05, 3.63) is 30.4 Å². The van der Waals surface area contributed by atoms with E-state index in [1.165, 1.54) is 0 Å². The highest BCUT2D eigenvalue weighted by atomic mass is 16.5. The lowest BCUT2D eigenvalue weighted by Crippen LogP contribution is -2.36. The molecule has 0 aliphatic carbocycles. The van der Waals surface area contributed by atoms with Crippen molar-refractivity contribution in [1.82, 2.24) is 29.6 Å². The van der Waals surface area contributed by atoms with Crippen LogP contribution in [0.4, 0.5) is 0 Å². The Bertz CT molecular complexity index is 683. The van der Waals surface area contributed by atoms with Crippen LogP contribution in [0.5, 0.6) is 0 Å². The van der Waals surface area contributed by atoms with Crippen molar-refractivity contribution >= 4 is 12.4 Å². The lowest BCUT2D eigenvalue weighted by atomic mass is 9.99. The van der Waals surface area contributed by atoms with Gasteiger partial charge in [-0.2, -0.15) is 5.10 Å². The average molecular weight is 350 g/mol. The smallest absolute Gasteiger partial charge is 0.290 e. The molecule has 3 heterocycles. The van der Waals surface area contributed by atoms with Gasteiger partial charge in [0, 0.05) is 26.3 Å². The highest BCUT2D eigenvalue weighted by Crippen LogP contribution is 2.17. The number of fused-ring (bicyclic) bond motifs is 1. The molecule has 3 rings (SSSR count). The molecule has 0 spiro atoms. The maximum atomic E-state index is 12.3. The van der Waals surface area contributed by atoms with Gasteiger partial charge >= 0.3 is 0 Å². The number of methoxy groups -OCH3 is 1. The summed E-state index contributed by atoms with van der Waals surface area (Å²) >= 11 is 0. The van der Waals surface area contributed by atoms with Gasteiger partial charge in [-0.3, -0.25) is 9.59 Å². The van der Waals surface area contributed by atoms with Gasteiger partial charge in [0.2, 0.25) is 5.91 Å². The fourth-order valence-electron chi connectivity index (χ4n) is 2.66. The first-order chi connectivity index (χ1) is 12.2. The maximum absolute atomic E-state index is 12.3. The summed E-state index contributed by atoms with van der Waals surface area (Å²) in [5.74, 6) is 0.965. The van der Waals surface area contributed by atoms with Crippen molar-refractivity contribution in [2.75, 3.05) is 13.7 Å². The molecule has 1 aliphatic rings. The second-order valence-corrected chi connectivity index (χ2v) is 5.49. The van der Waals surface area contributed by atoms with Crippen LogP contribution in [-0.4, -0.2) is 55.5 Å². The molecule has 0 bridgehead atoms. The van der Waals surface area contributed by atoms with Gasteiger partial charge < -0.3 is 19.7 Å². The van der Waals surface area contributed by atoms with Crippen molar-refractivity contribution in [3.63, 3.8) is 0 Å². The van der Waals surface area contributed by atoms with Crippen LogP contribution in [0, 0.1) is 5.92 Å². The third-order valence-corrected chi connectivity index (χ3v) is 3.95. The van der Waals surface area contributed by atoms with Crippen LogP contribution in [0.15, 0.2) is 18.9 Å². The predicted octanol–water partition coefficient (Wildman–Crippen LogP) is -0.299. The number of imidazole rings is 1. The first-order valence-corrected chi connectivity index (χ1v) is 7.89. The van der Waals surface area contributed by atoms with Crippen LogP contribution in [0.25, 0.3) is 0 Å². The van der Waals surface area contributed by atoms with Gasteiger partial charge in [0.05, 0.1) is 37.6 Å². The highest BCUT2D eigenvalue weighted by molar-refractivity contribution is 5.78. The molecule has 136 valence electrons. The fourth-order valence-corrected chi connectivity index (χ4v) is 2.66. The van der Waals surface area contributed by atoms with Gasteiger partial charge in [0.15, 0.2) is 0 Å². The van der Waals surface area contributed by atoms with Gasteiger partial charge in [0.1, 0.15) is 12.2 Å². The molecule has 0 radical (unpaired) electrons. The zero-order chi connectivity index (χ0) is 18.1. The number of hydrogen-bond acceptors (Lipinski definition) is 6. The fraction of sp³-hybridized carbons (Fsp3) is 0.533. The third kappa shape index (κ3) is 5.11. The van der Waals surface area contributed by atoms with Crippen LogP contribution < -0.4 is 5.32 Å². The molecule has 0 aromatic carbocycles. The number of hydrogen-bond donors (Lipinski definition) is 2. The predicted molar refractivity (Wildman–Crippen MR) is 86.5 cm³/mol. The molecule has 10 heteroatoms. The molecule has 2 aromatic rings. The number of nitrogens with zero attached hydrogens (tertiary/aromatic N) is 5. The number of amides is 1. The monoisotopic (exact) mass is 350 g/mol. The van der Waals surface area contributed by atoms with E-state index in [0.717, 1.165) is 30.9 Å². The molecule has 0 saturated heterocycles. The van der Waals surface area contributed by atoms with E-state index in [0.29, 0.717) is 19.7 Å². The summed E-state index contributed by atoms with van der Waals surface area (Å²) in [6, 6.07) is 0. The molecule has 0 fully saturated rings. The standard InChI is InChI=1S/C14H20N6O2.CH2O2/c1-22-5-4-19-10-15-6-12(19)7-16-14(21)11-2-3-13-17-9-18-20(13)8-11;2-1-3/h6,9-11H,2-5,7-8H2,1H3,(H,16,21);1H,(H,2,3). The summed E-state index contributed by atoms with van der Waals surface area (Å²) in [7, 11) is 1.67. The summed E-state index contributed by atoms with van der Waals surface area (Å²) in [5.41, 5.74) is 0.975. The van der Waals surface area contributed by atoms with E-state index in [1.807, 2.05) is 9.25 Å². The Labute approximate surface area is 144 Å². The maximum Gasteiger partial charge on any atom is 0.290 e. The lowest BCUT2D eigenvalue weighted by Gasteiger charge is -2.21. The van der Waals surface area contributed by atoms with Crippen molar-refractivity contribution in [3.8, 4) is 0 Å². The normalized spacial score (nSPS) is 15.6. The lowest BCUT2D eigenvalue weighted by molar-refractivity contribution is -0.126. The minimum atomic E-state index is -0.250.